The number of benzene rings is 2. The van der Waals surface area contributed by atoms with E-state index in [1.807, 2.05) is 6.92 Å². The van der Waals surface area contributed by atoms with Crippen LogP contribution in [0.25, 0.3) is 0 Å². The van der Waals surface area contributed by atoms with Gasteiger partial charge in [0.1, 0.15) is 0 Å². The fraction of sp³-hybridized carbons (Fsp3) is 0.125. The highest BCUT2D eigenvalue weighted by Gasteiger charge is 2.17. The van der Waals surface area contributed by atoms with Crippen molar-refractivity contribution in [2.24, 2.45) is 0 Å². The number of esters is 1. The first kappa shape index (κ1) is 18.7. The first-order valence-corrected chi connectivity index (χ1v) is 7.70. The van der Waals surface area contributed by atoms with Crippen LogP contribution < -0.4 is 5.32 Å². The molecule has 0 unspecified atom stereocenters. The average Bonchev–Trinajstić information content (AvgIpc) is 2.56. The summed E-state index contributed by atoms with van der Waals surface area (Å²) in [5.41, 5.74) is 0.998. The van der Waals surface area contributed by atoms with Gasteiger partial charge >= 0.3 is 5.97 Å². The summed E-state index contributed by atoms with van der Waals surface area (Å²) >= 11 is 11.8. The van der Waals surface area contributed by atoms with E-state index in [1.165, 1.54) is 6.07 Å². The molecule has 25 heavy (non-hydrogen) atoms. The van der Waals surface area contributed by atoms with E-state index in [-0.39, 0.29) is 16.3 Å². The van der Waals surface area contributed by atoms with Gasteiger partial charge in [0.25, 0.3) is 11.6 Å². The van der Waals surface area contributed by atoms with Crippen LogP contribution in [0.15, 0.2) is 36.4 Å². The summed E-state index contributed by atoms with van der Waals surface area (Å²) in [5, 5.41) is 13.5. The van der Waals surface area contributed by atoms with E-state index in [1.54, 1.807) is 18.2 Å². The lowest BCUT2D eigenvalue weighted by atomic mass is 10.2. The Morgan fingerprint density at radius 2 is 1.88 bits per heavy atom. The van der Waals surface area contributed by atoms with Gasteiger partial charge in [-0.15, -0.1) is 0 Å². The maximum atomic E-state index is 11.9. The van der Waals surface area contributed by atoms with Gasteiger partial charge in [-0.3, -0.25) is 14.9 Å². The second-order valence-corrected chi connectivity index (χ2v) is 5.82. The third kappa shape index (κ3) is 4.91. The normalized spacial score (nSPS) is 10.2. The van der Waals surface area contributed by atoms with Crippen molar-refractivity contribution in [1.29, 1.82) is 0 Å². The number of hydrogen-bond donors (Lipinski definition) is 1. The van der Waals surface area contributed by atoms with Crippen LogP contribution in [0.1, 0.15) is 15.9 Å². The number of anilines is 1. The first-order chi connectivity index (χ1) is 11.8. The summed E-state index contributed by atoms with van der Waals surface area (Å²) in [4.78, 5) is 33.7. The molecule has 130 valence electrons. The number of nitrogens with zero attached hydrogens (tertiary/aromatic N) is 1. The van der Waals surface area contributed by atoms with Crippen LogP contribution in [0.3, 0.4) is 0 Å². The van der Waals surface area contributed by atoms with Crippen molar-refractivity contribution in [2.75, 3.05) is 11.9 Å². The maximum absolute atomic E-state index is 11.9. The van der Waals surface area contributed by atoms with Gasteiger partial charge in [0.05, 0.1) is 15.5 Å². The monoisotopic (exact) mass is 382 g/mol. The predicted octanol–water partition coefficient (Wildman–Crippen LogP) is 4.01. The number of nitro groups is 1. The molecule has 7 nitrogen and oxygen atoms in total. The molecular weight excluding hydrogens is 371 g/mol. The molecule has 0 fully saturated rings. The van der Waals surface area contributed by atoms with Crippen molar-refractivity contribution in [3.63, 3.8) is 0 Å². The van der Waals surface area contributed by atoms with Crippen LogP contribution in [0, 0.1) is 17.0 Å². The molecule has 0 aliphatic carbocycles. The molecule has 1 amide bonds. The van der Waals surface area contributed by atoms with E-state index >= 15 is 0 Å². The molecule has 0 aromatic heterocycles. The number of halogens is 2. The van der Waals surface area contributed by atoms with Gasteiger partial charge in [0.2, 0.25) is 0 Å². The molecule has 0 atom stereocenters. The highest BCUT2D eigenvalue weighted by Crippen LogP contribution is 2.23. The van der Waals surface area contributed by atoms with E-state index < -0.39 is 23.4 Å². The number of nitrogens with one attached hydrogen (secondary N) is 1. The van der Waals surface area contributed by atoms with E-state index in [0.717, 1.165) is 17.7 Å². The molecule has 0 bridgehead atoms. The van der Waals surface area contributed by atoms with Crippen LogP contribution in [0.2, 0.25) is 10.0 Å². The average molecular weight is 383 g/mol. The lowest BCUT2D eigenvalue weighted by Gasteiger charge is -2.08. The third-order valence-corrected chi connectivity index (χ3v) is 3.89. The molecule has 0 aliphatic heterocycles. The van der Waals surface area contributed by atoms with Crippen LogP contribution in [0.5, 0.6) is 0 Å². The fourth-order valence-electron chi connectivity index (χ4n) is 1.86. The molecule has 2 rings (SSSR count). The number of carbonyl (C=O) groups excluding carboxylic acids is 2. The minimum absolute atomic E-state index is 0.0709. The third-order valence-electron chi connectivity index (χ3n) is 3.17. The van der Waals surface area contributed by atoms with Crippen LogP contribution >= 0.6 is 23.2 Å². The summed E-state index contributed by atoms with van der Waals surface area (Å²) in [6.45, 7) is 1.28. The topological polar surface area (TPSA) is 98.5 Å². The molecule has 0 radical (unpaired) electrons. The SMILES string of the molecule is Cc1ccc(NC(=O)COC(=O)c2ccc([N+](=O)[O-])cc2Cl)cc1Cl. The molecule has 9 heteroatoms. The van der Waals surface area contributed by atoms with E-state index in [2.05, 4.69) is 5.32 Å². The smallest absolute Gasteiger partial charge is 0.340 e. The van der Waals surface area contributed by atoms with Crippen molar-refractivity contribution in [3.05, 3.63) is 67.7 Å². The molecule has 0 heterocycles. The van der Waals surface area contributed by atoms with E-state index in [4.69, 9.17) is 27.9 Å². The van der Waals surface area contributed by atoms with Crippen LogP contribution in [-0.4, -0.2) is 23.4 Å². The van der Waals surface area contributed by atoms with Crippen LogP contribution in [0.4, 0.5) is 11.4 Å². The van der Waals surface area contributed by atoms with Gasteiger partial charge in [0.15, 0.2) is 6.61 Å². The number of nitro benzene ring substituents is 1. The number of carbonyl (C=O) groups is 2. The Kier molecular flexibility index (Phi) is 5.95. The lowest BCUT2D eigenvalue weighted by Crippen LogP contribution is -2.21. The Labute approximate surface area is 152 Å². The second kappa shape index (κ2) is 7.96. The van der Waals surface area contributed by atoms with Gasteiger partial charge in [-0.1, -0.05) is 29.3 Å². The Balaban J connectivity index is 1.96. The second-order valence-electron chi connectivity index (χ2n) is 5.01. The summed E-state index contributed by atoms with van der Waals surface area (Å²) in [6, 6.07) is 8.29. The largest absolute Gasteiger partial charge is 0.452 e. The fourth-order valence-corrected chi connectivity index (χ4v) is 2.29. The lowest BCUT2D eigenvalue weighted by molar-refractivity contribution is -0.384. The summed E-state index contributed by atoms with van der Waals surface area (Å²) in [6.07, 6.45) is 0. The molecule has 0 saturated heterocycles. The Hall–Kier alpha value is -2.64. The standard InChI is InChI=1S/C16H12Cl2N2O5/c1-9-2-3-10(6-13(9)17)19-15(21)8-25-16(22)12-5-4-11(20(23)24)7-14(12)18/h2-7H,8H2,1H3,(H,19,21). The minimum Gasteiger partial charge on any atom is -0.452 e. The highest BCUT2D eigenvalue weighted by molar-refractivity contribution is 6.33. The number of hydrogen-bond acceptors (Lipinski definition) is 5. The molecule has 0 aliphatic rings. The summed E-state index contributed by atoms with van der Waals surface area (Å²) < 4.78 is 4.86. The molecule has 1 N–H and O–H groups in total. The highest BCUT2D eigenvalue weighted by atomic mass is 35.5. The maximum Gasteiger partial charge on any atom is 0.340 e. The zero-order valence-electron chi connectivity index (χ0n) is 12.9. The summed E-state index contributed by atoms with van der Waals surface area (Å²) in [5.74, 6) is -1.43. The van der Waals surface area contributed by atoms with Gasteiger partial charge in [0, 0.05) is 22.8 Å². The molecule has 0 saturated carbocycles. The number of amides is 1. The number of rotatable bonds is 5. The van der Waals surface area contributed by atoms with Crippen molar-refractivity contribution in [3.8, 4) is 0 Å². The van der Waals surface area contributed by atoms with Crippen molar-refractivity contribution >= 4 is 46.5 Å². The molecule has 0 spiro atoms. The summed E-state index contributed by atoms with van der Waals surface area (Å²) in [7, 11) is 0. The molecule has 2 aromatic rings. The van der Waals surface area contributed by atoms with Gasteiger partial charge < -0.3 is 10.1 Å². The quantitative estimate of drug-likeness (QED) is 0.478. The van der Waals surface area contributed by atoms with Crippen molar-refractivity contribution < 1.29 is 19.2 Å². The molecular formula is C16H12Cl2N2O5. The Morgan fingerprint density at radius 1 is 1.16 bits per heavy atom. The van der Waals surface area contributed by atoms with Crippen molar-refractivity contribution in [1.82, 2.24) is 0 Å². The first-order valence-electron chi connectivity index (χ1n) is 6.95. The van der Waals surface area contributed by atoms with Gasteiger partial charge in [-0.05, 0) is 30.7 Å². The number of aryl methyl sites for hydroxylation is 1. The van der Waals surface area contributed by atoms with Crippen LogP contribution in [-0.2, 0) is 9.53 Å². The zero-order valence-corrected chi connectivity index (χ0v) is 14.4. The zero-order chi connectivity index (χ0) is 18.6. The molecule has 2 aromatic carbocycles. The Bertz CT molecular complexity index is 854. The minimum atomic E-state index is -0.864. The predicted molar refractivity (Wildman–Crippen MR) is 93.2 cm³/mol. The van der Waals surface area contributed by atoms with Crippen molar-refractivity contribution in [2.45, 2.75) is 6.92 Å². The number of non-ortho nitro benzene ring substituents is 1. The Morgan fingerprint density at radius 3 is 2.48 bits per heavy atom. The van der Waals surface area contributed by atoms with E-state index in [0.29, 0.717) is 10.7 Å². The van der Waals surface area contributed by atoms with Gasteiger partial charge in [-0.25, -0.2) is 4.79 Å². The van der Waals surface area contributed by atoms with Gasteiger partial charge in [-0.2, -0.15) is 0 Å². The van der Waals surface area contributed by atoms with E-state index in [9.17, 15) is 19.7 Å². The number of ether oxygens (including phenoxy) is 1.